The lowest BCUT2D eigenvalue weighted by Gasteiger charge is -2.30. The third-order valence-electron chi connectivity index (χ3n) is 9.06. The summed E-state index contributed by atoms with van der Waals surface area (Å²) < 4.78 is 9.39. The van der Waals surface area contributed by atoms with Gasteiger partial charge >= 0.3 is 12.2 Å². The molecule has 0 spiro atoms. The van der Waals surface area contributed by atoms with Crippen molar-refractivity contribution in [2.24, 2.45) is 11.8 Å². The first kappa shape index (κ1) is 37.4. The summed E-state index contributed by atoms with van der Waals surface area (Å²) in [5, 5.41) is 8.17. The molecule has 1 aliphatic heterocycles. The lowest BCUT2D eigenvalue weighted by atomic mass is 10.0. The highest BCUT2D eigenvalue weighted by Crippen LogP contribution is 2.33. The number of fused-ring (bicyclic) bond motifs is 1. The maximum Gasteiger partial charge on any atom is 0.407 e. The Bertz CT molecular complexity index is 1970. The van der Waals surface area contributed by atoms with Crippen molar-refractivity contribution in [3.63, 3.8) is 0 Å². The van der Waals surface area contributed by atoms with Gasteiger partial charge in [-0.15, -0.1) is 0 Å². The number of ether oxygens (including phenoxy) is 2. The summed E-state index contributed by atoms with van der Waals surface area (Å²) >= 11 is 0. The molecule has 14 heteroatoms. The highest BCUT2D eigenvalue weighted by Gasteiger charge is 2.37. The third-order valence-corrected chi connectivity index (χ3v) is 9.06. The van der Waals surface area contributed by atoms with Crippen LogP contribution in [0.1, 0.15) is 82.3 Å². The highest BCUT2D eigenvalue weighted by atomic mass is 16.5. The molecular weight excluding hydrogens is 664 g/mol. The van der Waals surface area contributed by atoms with Crippen molar-refractivity contribution in [1.29, 1.82) is 0 Å². The monoisotopic (exact) mass is 710 g/mol. The van der Waals surface area contributed by atoms with Crippen molar-refractivity contribution in [3.8, 4) is 23.1 Å². The number of methoxy groups -OCH3 is 2. The molecule has 5 N–H and O–H groups in total. The van der Waals surface area contributed by atoms with Crippen molar-refractivity contribution >= 4 is 35.0 Å². The number of rotatable bonds is 10. The zero-order valence-corrected chi connectivity index (χ0v) is 30.5. The van der Waals surface area contributed by atoms with Crippen LogP contribution in [0.15, 0.2) is 48.7 Å². The van der Waals surface area contributed by atoms with Crippen molar-refractivity contribution < 1.29 is 28.7 Å². The second kappa shape index (κ2) is 16.5. The maximum atomic E-state index is 13.5. The molecule has 5 rings (SSSR count). The normalized spacial score (nSPS) is 15.8. The summed E-state index contributed by atoms with van der Waals surface area (Å²) in [4.78, 5) is 67.7. The molecule has 4 amide bonds. The van der Waals surface area contributed by atoms with Gasteiger partial charge in [-0.2, -0.15) is 0 Å². The molecule has 4 unspecified atom stereocenters. The Morgan fingerprint density at radius 1 is 0.846 bits per heavy atom. The molecule has 0 aliphatic carbocycles. The van der Waals surface area contributed by atoms with Crippen LogP contribution in [0.5, 0.6) is 0 Å². The minimum Gasteiger partial charge on any atom is -0.453 e. The van der Waals surface area contributed by atoms with E-state index >= 15 is 0 Å². The maximum absolute atomic E-state index is 13.5. The van der Waals surface area contributed by atoms with E-state index in [0.717, 1.165) is 46.3 Å². The second-order valence-electron chi connectivity index (χ2n) is 13.5. The predicted molar refractivity (Wildman–Crippen MR) is 195 cm³/mol. The molecule has 0 radical (unpaired) electrons. The van der Waals surface area contributed by atoms with Gasteiger partial charge in [-0.25, -0.2) is 19.6 Å². The van der Waals surface area contributed by atoms with Gasteiger partial charge in [0, 0.05) is 17.7 Å². The predicted octanol–water partition coefficient (Wildman–Crippen LogP) is 4.95. The van der Waals surface area contributed by atoms with Crippen LogP contribution in [0, 0.1) is 23.7 Å². The van der Waals surface area contributed by atoms with Gasteiger partial charge in [-0.1, -0.05) is 51.7 Å². The van der Waals surface area contributed by atoms with Gasteiger partial charge in [0.1, 0.15) is 23.7 Å². The van der Waals surface area contributed by atoms with E-state index in [2.05, 4.69) is 52.5 Å². The molecule has 0 bridgehead atoms. The summed E-state index contributed by atoms with van der Waals surface area (Å²) in [6.07, 6.45) is 2.08. The first-order valence-corrected chi connectivity index (χ1v) is 17.3. The van der Waals surface area contributed by atoms with Crippen LogP contribution < -0.4 is 16.0 Å². The molecule has 3 heterocycles. The smallest absolute Gasteiger partial charge is 0.407 e. The third kappa shape index (κ3) is 8.71. The minimum atomic E-state index is -0.755. The average Bonchev–Trinajstić information content (AvgIpc) is 3.91. The summed E-state index contributed by atoms with van der Waals surface area (Å²) in [5.74, 6) is 6.96. The Morgan fingerprint density at radius 2 is 1.48 bits per heavy atom. The van der Waals surface area contributed by atoms with Crippen molar-refractivity contribution in [2.45, 2.75) is 71.6 Å². The number of carbonyl (C=O) groups excluding carboxylic acids is 4. The Morgan fingerprint density at radius 3 is 2.13 bits per heavy atom. The average molecular weight is 711 g/mol. The Balaban J connectivity index is 1.23. The summed E-state index contributed by atoms with van der Waals surface area (Å²) in [5.41, 5.74) is 4.90. The number of amides is 4. The molecule has 52 heavy (non-hydrogen) atoms. The van der Waals surface area contributed by atoms with Gasteiger partial charge in [-0.3, -0.25) is 9.59 Å². The fraction of sp³-hybridized carbons (Fsp3) is 0.421. The topological polar surface area (TPSA) is 183 Å². The number of hydrogen-bond acceptors (Lipinski definition) is 8. The molecule has 2 aromatic heterocycles. The van der Waals surface area contributed by atoms with Gasteiger partial charge in [0.05, 0.1) is 49.2 Å². The summed E-state index contributed by atoms with van der Waals surface area (Å²) in [6, 6.07) is 11.4. The minimum absolute atomic E-state index is 0.111. The lowest BCUT2D eigenvalue weighted by Crippen LogP contribution is -2.51. The van der Waals surface area contributed by atoms with Gasteiger partial charge in [0.2, 0.25) is 11.8 Å². The molecule has 14 nitrogen and oxygen atoms in total. The van der Waals surface area contributed by atoms with Gasteiger partial charge in [0.25, 0.3) is 0 Å². The number of nitrogens with zero attached hydrogens (tertiary/aromatic N) is 3. The zero-order chi connectivity index (χ0) is 37.5. The standard InChI is InChI=1S/C38H46N8O6/c1-21(2)31(44-37(49)51-6)35(47)40-23(5)33-41-27-17-14-25(19-28(27)42-33)11-10-24-12-15-26(16-13-24)29-20-39-34(43-29)30-9-8-18-46(30)36(48)32(22(3)4)45-38(50)52-7/h12-17,19-23,30-32H,8-9,18H2,1-7H3,(H,39,43)(H,40,47)(H,41,42)(H,44,49)(H,45,50). The fourth-order valence-corrected chi connectivity index (χ4v) is 6.13. The van der Waals surface area contributed by atoms with Crippen molar-refractivity contribution in [2.75, 3.05) is 20.8 Å². The van der Waals surface area contributed by atoms with Gasteiger partial charge < -0.3 is 40.3 Å². The number of hydrogen-bond donors (Lipinski definition) is 5. The number of likely N-dealkylation sites (tertiary alicyclic amines) is 1. The van der Waals surface area contributed by atoms with Crippen molar-refractivity contribution in [3.05, 3.63) is 71.4 Å². The highest BCUT2D eigenvalue weighted by molar-refractivity contribution is 5.87. The van der Waals surface area contributed by atoms with Crippen LogP contribution in [0.25, 0.3) is 22.3 Å². The number of aromatic nitrogens is 4. The van der Waals surface area contributed by atoms with Gasteiger partial charge in [0.15, 0.2) is 0 Å². The number of nitrogens with one attached hydrogen (secondary N) is 5. The zero-order valence-electron chi connectivity index (χ0n) is 30.5. The van der Waals surface area contributed by atoms with Crippen LogP contribution in [0.3, 0.4) is 0 Å². The Kier molecular flexibility index (Phi) is 11.8. The lowest BCUT2D eigenvalue weighted by molar-refractivity contribution is -0.135. The fourth-order valence-electron chi connectivity index (χ4n) is 6.13. The van der Waals surface area contributed by atoms with Crippen LogP contribution in [0.2, 0.25) is 0 Å². The van der Waals surface area contributed by atoms with E-state index in [1.807, 2.05) is 77.1 Å². The van der Waals surface area contributed by atoms with Gasteiger partial charge in [-0.05, 0) is 67.5 Å². The van der Waals surface area contributed by atoms with E-state index in [4.69, 9.17) is 4.74 Å². The van der Waals surface area contributed by atoms with Crippen LogP contribution in [-0.4, -0.2) is 81.7 Å². The largest absolute Gasteiger partial charge is 0.453 e. The molecule has 1 fully saturated rings. The first-order chi connectivity index (χ1) is 24.9. The van der Waals surface area contributed by atoms with Crippen LogP contribution in [-0.2, 0) is 19.1 Å². The number of benzene rings is 2. The molecule has 1 aliphatic rings. The van der Waals surface area contributed by atoms with E-state index in [-0.39, 0.29) is 29.7 Å². The number of H-pyrrole nitrogens is 2. The van der Waals surface area contributed by atoms with E-state index in [0.29, 0.717) is 18.2 Å². The quantitative estimate of drug-likeness (QED) is 0.143. The number of aromatic amines is 2. The second-order valence-corrected chi connectivity index (χ2v) is 13.5. The molecule has 2 aromatic carbocycles. The van der Waals surface area contributed by atoms with E-state index < -0.39 is 30.3 Å². The SMILES string of the molecule is COC(=O)NC(C(=O)NC(C)c1nc2ccc(C#Cc3ccc(-c4cnc(C5CCCN5C(=O)C(NC(=O)OC)C(C)C)[nH]4)cc3)cc2[nH]1)C(C)C. The molecule has 1 saturated heterocycles. The van der Waals surface area contributed by atoms with Crippen molar-refractivity contribution in [1.82, 2.24) is 40.8 Å². The van der Waals surface area contributed by atoms with E-state index in [9.17, 15) is 19.2 Å². The summed E-state index contributed by atoms with van der Waals surface area (Å²) in [6.45, 7) is 9.86. The van der Waals surface area contributed by atoms with Crippen LogP contribution in [0.4, 0.5) is 9.59 Å². The first-order valence-electron chi connectivity index (χ1n) is 17.3. The molecular formula is C38H46N8O6. The molecule has 4 atom stereocenters. The Hall–Kier alpha value is -5.84. The molecule has 274 valence electrons. The number of alkyl carbamates (subject to hydrolysis) is 2. The number of carbonyl (C=O) groups is 4. The van der Waals surface area contributed by atoms with E-state index in [1.165, 1.54) is 14.2 Å². The van der Waals surface area contributed by atoms with E-state index in [1.54, 1.807) is 11.1 Å². The molecule has 0 saturated carbocycles. The summed E-state index contributed by atoms with van der Waals surface area (Å²) in [7, 11) is 2.53. The van der Waals surface area contributed by atoms with Crippen LogP contribution >= 0.6 is 0 Å². The molecule has 4 aromatic rings. The number of imidazole rings is 2. The Labute approximate surface area is 302 Å².